The molecule has 0 aliphatic rings. The van der Waals surface area contributed by atoms with Crippen molar-refractivity contribution in [1.82, 2.24) is 14.7 Å². The number of pyridine rings is 1. The van der Waals surface area contributed by atoms with Crippen LogP contribution in [0.25, 0.3) is 39.0 Å². The molecule has 3 heterocycles. The van der Waals surface area contributed by atoms with Gasteiger partial charge in [-0.1, -0.05) is 23.4 Å². The second-order valence-corrected chi connectivity index (χ2v) is 8.11. The second kappa shape index (κ2) is 8.56. The fourth-order valence-electron chi connectivity index (χ4n) is 4.23. The number of alkyl halides is 3. The number of hydrogen-bond donors (Lipinski definition) is 1. The summed E-state index contributed by atoms with van der Waals surface area (Å²) in [5.74, 6) is -1.43. The van der Waals surface area contributed by atoms with E-state index in [1.165, 1.54) is 12.1 Å². The average Bonchev–Trinajstić information content (AvgIpc) is 3.37. The van der Waals surface area contributed by atoms with Crippen LogP contribution in [0, 0.1) is 13.8 Å². The number of fused-ring (bicyclic) bond motifs is 1. The van der Waals surface area contributed by atoms with Crippen molar-refractivity contribution in [3.8, 4) is 33.7 Å². The fourth-order valence-corrected chi connectivity index (χ4v) is 4.23. The van der Waals surface area contributed by atoms with Crippen molar-refractivity contribution in [2.45, 2.75) is 20.2 Å². The van der Waals surface area contributed by atoms with Gasteiger partial charge in [-0.15, -0.1) is 13.2 Å². The Morgan fingerprint density at radius 3 is 2.44 bits per heavy atom. The van der Waals surface area contributed by atoms with Crippen LogP contribution in [-0.4, -0.2) is 32.1 Å². The molecule has 0 saturated heterocycles. The van der Waals surface area contributed by atoms with Gasteiger partial charge in [0.05, 0.1) is 11.3 Å². The van der Waals surface area contributed by atoms with Crippen LogP contribution in [0.15, 0.2) is 71.5 Å². The maximum absolute atomic E-state index is 13.3. The molecule has 0 aliphatic heterocycles. The lowest BCUT2D eigenvalue weighted by atomic mass is 10.00. The Morgan fingerprint density at radius 1 is 1.06 bits per heavy atom. The van der Waals surface area contributed by atoms with E-state index in [0.29, 0.717) is 33.6 Å². The molecular weight excluding hydrogens is 475 g/mol. The van der Waals surface area contributed by atoms with E-state index in [-0.39, 0.29) is 11.1 Å². The third-order valence-corrected chi connectivity index (χ3v) is 5.74. The van der Waals surface area contributed by atoms with Crippen LogP contribution in [0.1, 0.15) is 21.8 Å². The van der Waals surface area contributed by atoms with Gasteiger partial charge in [0.1, 0.15) is 17.2 Å². The molecule has 1 N–H and O–H groups in total. The average molecular weight is 493 g/mol. The molecule has 0 saturated carbocycles. The first-order chi connectivity index (χ1) is 17.1. The summed E-state index contributed by atoms with van der Waals surface area (Å²) < 4.78 is 51.2. The third-order valence-electron chi connectivity index (χ3n) is 5.74. The molecule has 0 radical (unpaired) electrons. The van der Waals surface area contributed by atoms with Crippen LogP contribution in [0.2, 0.25) is 0 Å². The first-order valence-corrected chi connectivity index (χ1v) is 10.8. The third kappa shape index (κ3) is 4.17. The molecular formula is C26H18F3N3O4. The molecule has 182 valence electrons. The van der Waals surface area contributed by atoms with Crippen LogP contribution < -0.4 is 4.74 Å². The van der Waals surface area contributed by atoms with Crippen molar-refractivity contribution in [2.75, 3.05) is 0 Å². The van der Waals surface area contributed by atoms with Crippen molar-refractivity contribution in [3.63, 3.8) is 0 Å². The van der Waals surface area contributed by atoms with Crippen LogP contribution in [0.4, 0.5) is 13.2 Å². The molecule has 0 amide bonds. The van der Waals surface area contributed by atoms with E-state index in [4.69, 9.17) is 4.52 Å². The number of nitrogens with zero attached hydrogens (tertiary/aromatic N) is 3. The highest BCUT2D eigenvalue weighted by molar-refractivity contribution is 5.99. The zero-order valence-corrected chi connectivity index (χ0v) is 19.0. The van der Waals surface area contributed by atoms with E-state index < -0.39 is 18.1 Å². The van der Waals surface area contributed by atoms with Crippen molar-refractivity contribution >= 4 is 17.0 Å². The molecule has 0 spiro atoms. The SMILES string of the molecule is Cc1noc(C)c1-c1cnc2c(c1)c(-c1ccc(C(=O)O)cc1OC(F)(F)F)cn2-c1ccccc1. The second-order valence-electron chi connectivity index (χ2n) is 8.11. The number of ether oxygens (including phenoxy) is 1. The van der Waals surface area contributed by atoms with Crippen LogP contribution in [0.5, 0.6) is 5.75 Å². The molecule has 0 bridgehead atoms. The van der Waals surface area contributed by atoms with E-state index in [2.05, 4.69) is 14.9 Å². The lowest BCUT2D eigenvalue weighted by molar-refractivity contribution is -0.274. The summed E-state index contributed by atoms with van der Waals surface area (Å²) >= 11 is 0. The Kier molecular flexibility index (Phi) is 5.51. The molecule has 10 heteroatoms. The predicted molar refractivity (Wildman–Crippen MR) is 125 cm³/mol. The number of carboxylic acids is 1. The maximum atomic E-state index is 13.3. The van der Waals surface area contributed by atoms with Gasteiger partial charge >= 0.3 is 12.3 Å². The normalized spacial score (nSPS) is 11.7. The minimum atomic E-state index is -5.02. The van der Waals surface area contributed by atoms with Gasteiger partial charge in [-0.25, -0.2) is 9.78 Å². The van der Waals surface area contributed by atoms with Gasteiger partial charge in [-0.3, -0.25) is 0 Å². The van der Waals surface area contributed by atoms with Crippen LogP contribution in [-0.2, 0) is 0 Å². The molecule has 5 aromatic rings. The van der Waals surface area contributed by atoms with Gasteiger partial charge in [-0.05, 0) is 50.2 Å². The largest absolute Gasteiger partial charge is 0.573 e. The lowest BCUT2D eigenvalue weighted by Gasteiger charge is -2.14. The monoisotopic (exact) mass is 493 g/mol. The zero-order valence-electron chi connectivity index (χ0n) is 19.0. The number of aryl methyl sites for hydroxylation is 2. The molecule has 0 aliphatic carbocycles. The first-order valence-electron chi connectivity index (χ1n) is 10.8. The summed E-state index contributed by atoms with van der Waals surface area (Å²) in [5, 5.41) is 13.8. The van der Waals surface area contributed by atoms with Gasteiger partial charge in [0, 0.05) is 45.7 Å². The summed E-state index contributed by atoms with van der Waals surface area (Å²) in [6, 6.07) is 14.4. The summed E-state index contributed by atoms with van der Waals surface area (Å²) in [7, 11) is 0. The molecule has 7 nitrogen and oxygen atoms in total. The number of carboxylic acid groups (broad SMARTS) is 1. The molecule has 0 fully saturated rings. The number of para-hydroxylation sites is 1. The number of benzene rings is 2. The molecule has 3 aromatic heterocycles. The van der Waals surface area contributed by atoms with Gasteiger partial charge in [0.25, 0.3) is 0 Å². The Bertz CT molecular complexity index is 1590. The summed E-state index contributed by atoms with van der Waals surface area (Å²) in [6.07, 6.45) is -1.72. The van der Waals surface area contributed by atoms with E-state index in [0.717, 1.165) is 17.3 Å². The van der Waals surface area contributed by atoms with Crippen molar-refractivity contribution in [2.24, 2.45) is 0 Å². The maximum Gasteiger partial charge on any atom is 0.573 e. The minimum absolute atomic E-state index is 0.0646. The Hall–Kier alpha value is -4.60. The number of halogens is 3. The van der Waals surface area contributed by atoms with Gasteiger partial charge in [0.15, 0.2) is 0 Å². The quantitative estimate of drug-likeness (QED) is 0.298. The lowest BCUT2D eigenvalue weighted by Crippen LogP contribution is -2.18. The standard InChI is InChI=1S/C26H18F3N3O4/c1-14-23(15(2)36-31-14)17-10-20-21(13-32(24(20)30-12-17)18-6-4-3-5-7-18)19-9-8-16(25(33)34)11-22(19)35-26(27,28)29/h3-13H,1-2H3,(H,33,34). The Morgan fingerprint density at radius 2 is 1.81 bits per heavy atom. The molecule has 0 atom stereocenters. The number of rotatable bonds is 5. The van der Waals surface area contributed by atoms with E-state index in [1.54, 1.807) is 36.9 Å². The first kappa shape index (κ1) is 23.2. The summed E-state index contributed by atoms with van der Waals surface area (Å²) in [5.41, 5.74) is 3.39. The highest BCUT2D eigenvalue weighted by atomic mass is 19.4. The molecule has 5 rings (SSSR count). The Balaban J connectivity index is 1.81. The number of carbonyl (C=O) groups is 1. The molecule has 0 unspecified atom stereocenters. The number of hydrogen-bond acceptors (Lipinski definition) is 5. The summed E-state index contributed by atoms with van der Waals surface area (Å²) in [4.78, 5) is 16.1. The highest BCUT2D eigenvalue weighted by Gasteiger charge is 2.33. The van der Waals surface area contributed by atoms with Gasteiger partial charge in [0.2, 0.25) is 0 Å². The summed E-state index contributed by atoms with van der Waals surface area (Å²) in [6.45, 7) is 3.54. The highest BCUT2D eigenvalue weighted by Crippen LogP contribution is 2.41. The Labute approximate surface area is 202 Å². The van der Waals surface area contributed by atoms with Gasteiger partial charge < -0.3 is 18.9 Å². The number of aromatic carboxylic acids is 1. The zero-order chi connectivity index (χ0) is 25.6. The van der Waals surface area contributed by atoms with E-state index in [1.807, 2.05) is 30.3 Å². The topological polar surface area (TPSA) is 90.4 Å². The van der Waals surface area contributed by atoms with Crippen LogP contribution in [0.3, 0.4) is 0 Å². The predicted octanol–water partition coefficient (Wildman–Crippen LogP) is 6.56. The molecule has 36 heavy (non-hydrogen) atoms. The minimum Gasteiger partial charge on any atom is -0.478 e. The van der Waals surface area contributed by atoms with Gasteiger partial charge in [-0.2, -0.15) is 0 Å². The van der Waals surface area contributed by atoms with Crippen LogP contribution >= 0.6 is 0 Å². The van der Waals surface area contributed by atoms with E-state index in [9.17, 15) is 23.1 Å². The number of aromatic nitrogens is 3. The van der Waals surface area contributed by atoms with Crippen molar-refractivity contribution in [1.29, 1.82) is 0 Å². The van der Waals surface area contributed by atoms with Crippen molar-refractivity contribution in [3.05, 3.63) is 84.0 Å². The molecule has 2 aromatic carbocycles. The van der Waals surface area contributed by atoms with Crippen molar-refractivity contribution < 1.29 is 32.3 Å². The smallest absolute Gasteiger partial charge is 0.478 e. The fraction of sp³-hybridized carbons (Fsp3) is 0.115. The van der Waals surface area contributed by atoms with E-state index >= 15 is 0 Å².